The van der Waals surface area contributed by atoms with Crippen molar-refractivity contribution in [2.75, 3.05) is 0 Å². The van der Waals surface area contributed by atoms with Crippen LogP contribution in [0.3, 0.4) is 0 Å². The molecule has 0 radical (unpaired) electrons. The van der Waals surface area contributed by atoms with Gasteiger partial charge in [0.05, 0.1) is 0 Å². The van der Waals surface area contributed by atoms with Gasteiger partial charge in [0.15, 0.2) is 5.58 Å². The summed E-state index contributed by atoms with van der Waals surface area (Å²) in [5.41, 5.74) is 3.84. The van der Waals surface area contributed by atoms with Crippen LogP contribution in [0.2, 0.25) is 0 Å². The zero-order valence-electron chi connectivity index (χ0n) is 12.6. The van der Waals surface area contributed by atoms with Crippen molar-refractivity contribution < 1.29 is 4.42 Å². The first-order chi connectivity index (χ1) is 11.8. The molecule has 118 valence electrons. The highest BCUT2D eigenvalue weighted by Gasteiger charge is 2.08. The molecule has 0 atom stereocenters. The van der Waals surface area contributed by atoms with Crippen molar-refractivity contribution in [3.63, 3.8) is 0 Å². The topological polar surface area (TPSA) is 43.9 Å². The molecule has 4 aromatic rings. The zero-order chi connectivity index (χ0) is 16.4. The molecule has 6 heteroatoms. The first kappa shape index (κ1) is 15.1. The van der Waals surface area contributed by atoms with Gasteiger partial charge in [-0.25, -0.2) is 9.97 Å². The lowest BCUT2D eigenvalue weighted by Crippen LogP contribution is -2.01. The van der Waals surface area contributed by atoms with Gasteiger partial charge in [-0.2, -0.15) is 0 Å². The maximum absolute atomic E-state index is 5.79. The van der Waals surface area contributed by atoms with E-state index < -0.39 is 0 Å². The van der Waals surface area contributed by atoms with Gasteiger partial charge in [-0.3, -0.25) is 4.57 Å². The van der Waals surface area contributed by atoms with E-state index in [9.17, 15) is 0 Å². The number of thiocarbonyl (C=S) groups is 1. The zero-order valence-corrected chi connectivity index (χ0v) is 14.3. The minimum Gasteiger partial charge on any atom is -0.436 e. The summed E-state index contributed by atoms with van der Waals surface area (Å²) < 4.78 is 8.42. The van der Waals surface area contributed by atoms with Crippen LogP contribution in [0, 0.1) is 0 Å². The van der Waals surface area contributed by atoms with Crippen LogP contribution < -0.4 is 0 Å². The van der Waals surface area contributed by atoms with Crippen molar-refractivity contribution in [1.82, 2.24) is 14.5 Å². The molecule has 0 N–H and O–H groups in total. The normalized spacial score (nSPS) is 11.0. The first-order valence-electron chi connectivity index (χ1n) is 7.39. The van der Waals surface area contributed by atoms with Gasteiger partial charge in [-0.15, -0.1) is 0 Å². The highest BCUT2D eigenvalue weighted by atomic mass is 32.2. The van der Waals surface area contributed by atoms with Crippen LogP contribution >= 0.6 is 24.0 Å². The molecule has 4 rings (SSSR count). The molecule has 0 saturated carbocycles. The smallest absolute Gasteiger partial charge is 0.227 e. The molecule has 0 spiro atoms. The van der Waals surface area contributed by atoms with Gasteiger partial charge in [-0.05, 0) is 29.8 Å². The maximum atomic E-state index is 5.79. The molecule has 24 heavy (non-hydrogen) atoms. The third-order valence-corrected chi connectivity index (χ3v) is 5.07. The van der Waals surface area contributed by atoms with Crippen molar-refractivity contribution in [2.45, 2.75) is 5.75 Å². The third-order valence-electron chi connectivity index (χ3n) is 3.57. The predicted molar refractivity (Wildman–Crippen MR) is 101 cm³/mol. The molecule has 2 aromatic heterocycles. The summed E-state index contributed by atoms with van der Waals surface area (Å²) in [6.45, 7) is 0. The Morgan fingerprint density at radius 3 is 2.71 bits per heavy atom. The van der Waals surface area contributed by atoms with Gasteiger partial charge < -0.3 is 4.42 Å². The highest BCUT2D eigenvalue weighted by molar-refractivity contribution is 8.22. The molecule has 0 aliphatic rings. The number of hydrogen-bond donors (Lipinski definition) is 0. The fourth-order valence-electron chi connectivity index (χ4n) is 2.33. The Morgan fingerprint density at radius 1 is 1.12 bits per heavy atom. The summed E-state index contributed by atoms with van der Waals surface area (Å²) >= 11 is 6.98. The van der Waals surface area contributed by atoms with Crippen LogP contribution in [0.15, 0.2) is 71.7 Å². The van der Waals surface area contributed by atoms with Gasteiger partial charge in [0.25, 0.3) is 0 Å². The molecule has 0 amide bonds. The molecule has 2 heterocycles. The number of imidazole rings is 1. The second-order valence-electron chi connectivity index (χ2n) is 5.21. The summed E-state index contributed by atoms with van der Waals surface area (Å²) in [5.74, 6) is 1.45. The Labute approximate surface area is 148 Å². The van der Waals surface area contributed by atoms with Gasteiger partial charge in [0, 0.05) is 23.7 Å². The van der Waals surface area contributed by atoms with Crippen LogP contribution in [-0.2, 0) is 5.75 Å². The van der Waals surface area contributed by atoms with E-state index >= 15 is 0 Å². The molecular weight excluding hydrogens is 338 g/mol. The summed E-state index contributed by atoms with van der Waals surface area (Å²) in [6.07, 6.45) is 5.29. The molecule has 0 aliphatic heterocycles. The number of nitrogens with zero attached hydrogens (tertiary/aromatic N) is 3. The minimum absolute atomic E-state index is 0.643. The van der Waals surface area contributed by atoms with Crippen molar-refractivity contribution in [3.8, 4) is 11.5 Å². The Balaban J connectivity index is 1.47. The maximum Gasteiger partial charge on any atom is 0.227 e. The standard InChI is InChI=1S/C18H13N3OS2/c23-18(21-10-9-19-12-21)24-11-13-5-7-14(8-6-13)17-20-15-3-1-2-4-16(15)22-17/h1-10,12H,11H2. The Hall–Kier alpha value is -2.44. The lowest BCUT2D eigenvalue weighted by molar-refractivity contribution is 0.620. The van der Waals surface area contributed by atoms with E-state index in [1.807, 2.05) is 47.2 Å². The number of hydrogen-bond acceptors (Lipinski definition) is 5. The van der Waals surface area contributed by atoms with Gasteiger partial charge in [0.2, 0.25) is 5.89 Å². The molecule has 2 aromatic carbocycles. The van der Waals surface area contributed by atoms with Crippen LogP contribution in [0.5, 0.6) is 0 Å². The number of rotatable bonds is 3. The van der Waals surface area contributed by atoms with E-state index in [2.05, 4.69) is 22.1 Å². The predicted octanol–water partition coefficient (Wildman–Crippen LogP) is 4.76. The monoisotopic (exact) mass is 351 g/mol. The largest absolute Gasteiger partial charge is 0.436 e. The van der Waals surface area contributed by atoms with Gasteiger partial charge in [-0.1, -0.05) is 48.2 Å². The van der Waals surface area contributed by atoms with E-state index in [0.29, 0.717) is 5.89 Å². The van der Waals surface area contributed by atoms with Crippen molar-refractivity contribution in [2.24, 2.45) is 0 Å². The average Bonchev–Trinajstić information content (AvgIpc) is 3.29. The van der Waals surface area contributed by atoms with E-state index in [1.165, 1.54) is 5.56 Å². The summed E-state index contributed by atoms with van der Waals surface area (Å²) in [4.78, 5) is 8.52. The fourth-order valence-corrected chi connectivity index (χ4v) is 3.35. The number of para-hydroxylation sites is 2. The molecule has 0 unspecified atom stereocenters. The summed E-state index contributed by atoms with van der Waals surface area (Å²) in [6, 6.07) is 16.0. The SMILES string of the molecule is S=C(SCc1ccc(-c2nc3ccccc3o2)cc1)n1ccnc1. The Morgan fingerprint density at radius 2 is 1.96 bits per heavy atom. The van der Waals surface area contributed by atoms with Crippen molar-refractivity contribution in [1.29, 1.82) is 0 Å². The second kappa shape index (κ2) is 6.59. The van der Waals surface area contributed by atoms with Crippen LogP contribution in [0.1, 0.15) is 5.56 Å². The van der Waals surface area contributed by atoms with E-state index in [1.54, 1.807) is 24.3 Å². The van der Waals surface area contributed by atoms with Gasteiger partial charge in [0.1, 0.15) is 16.2 Å². The minimum atomic E-state index is 0.643. The number of fused-ring (bicyclic) bond motifs is 1. The van der Waals surface area contributed by atoms with Crippen LogP contribution in [0.4, 0.5) is 0 Å². The van der Waals surface area contributed by atoms with Crippen molar-refractivity contribution in [3.05, 3.63) is 72.8 Å². The highest BCUT2D eigenvalue weighted by Crippen LogP contribution is 2.25. The number of oxazole rings is 1. The number of thioether (sulfide) groups is 1. The second-order valence-corrected chi connectivity index (χ2v) is 6.82. The summed E-state index contributed by atoms with van der Waals surface area (Å²) in [7, 11) is 0. The molecule has 0 aliphatic carbocycles. The molecule has 0 saturated heterocycles. The lowest BCUT2D eigenvalue weighted by Gasteiger charge is -2.04. The quantitative estimate of drug-likeness (QED) is 0.498. The Bertz CT molecular complexity index is 942. The third kappa shape index (κ3) is 3.11. The lowest BCUT2D eigenvalue weighted by atomic mass is 10.1. The van der Waals surface area contributed by atoms with Gasteiger partial charge >= 0.3 is 0 Å². The van der Waals surface area contributed by atoms with E-state index in [0.717, 1.165) is 26.7 Å². The first-order valence-corrected chi connectivity index (χ1v) is 8.79. The van der Waals surface area contributed by atoms with E-state index in [-0.39, 0.29) is 0 Å². The van der Waals surface area contributed by atoms with Crippen LogP contribution in [0.25, 0.3) is 22.6 Å². The molecule has 4 nitrogen and oxygen atoms in total. The average molecular weight is 351 g/mol. The summed E-state index contributed by atoms with van der Waals surface area (Å²) in [5, 5.41) is 0. The van der Waals surface area contributed by atoms with Crippen molar-refractivity contribution >= 4 is 39.4 Å². The van der Waals surface area contributed by atoms with Crippen LogP contribution in [-0.4, -0.2) is 18.9 Å². The Kier molecular flexibility index (Phi) is 4.15. The fraction of sp³-hybridized carbons (Fsp3) is 0.0556. The molecular formula is C18H13N3OS2. The molecule has 0 bridgehead atoms. The number of benzene rings is 2. The van der Waals surface area contributed by atoms with E-state index in [4.69, 9.17) is 16.6 Å². The molecule has 0 fully saturated rings. The number of aromatic nitrogens is 3.